The Balaban J connectivity index is 2.23. The summed E-state index contributed by atoms with van der Waals surface area (Å²) >= 11 is 0. The number of rotatable bonds is 4. The molecular weight excluding hydrogens is 264 g/mol. The van der Waals surface area contributed by atoms with E-state index in [1.165, 1.54) is 18.3 Å². The molecule has 2 heterocycles. The summed E-state index contributed by atoms with van der Waals surface area (Å²) in [5.41, 5.74) is 6.27. The van der Waals surface area contributed by atoms with Gasteiger partial charge in [0.05, 0.1) is 4.90 Å². The van der Waals surface area contributed by atoms with Crippen LogP contribution in [0.15, 0.2) is 47.8 Å². The van der Waals surface area contributed by atoms with Crippen LogP contribution in [0.3, 0.4) is 0 Å². The molecule has 0 radical (unpaired) electrons. The van der Waals surface area contributed by atoms with Gasteiger partial charge in [-0.3, -0.25) is 4.98 Å². The van der Waals surface area contributed by atoms with Gasteiger partial charge in [-0.25, -0.2) is 18.1 Å². The summed E-state index contributed by atoms with van der Waals surface area (Å²) in [5, 5.41) is 0. The minimum atomic E-state index is -3.63. The van der Waals surface area contributed by atoms with Gasteiger partial charge in [0.15, 0.2) is 0 Å². The summed E-state index contributed by atoms with van der Waals surface area (Å²) in [6.07, 6.45) is 4.61. The van der Waals surface area contributed by atoms with Crippen LogP contribution in [0, 0.1) is 0 Å². The quantitative estimate of drug-likeness (QED) is 0.872. The minimum absolute atomic E-state index is 0.0933. The van der Waals surface area contributed by atoms with Gasteiger partial charge < -0.3 is 5.73 Å². The zero-order valence-corrected chi connectivity index (χ0v) is 11.1. The maximum Gasteiger partial charge on any atom is 0.241 e. The highest BCUT2D eigenvalue weighted by Gasteiger charge is 2.18. The molecule has 0 aromatic carbocycles. The Kier molecular flexibility index (Phi) is 3.77. The molecule has 0 fully saturated rings. The van der Waals surface area contributed by atoms with Crippen molar-refractivity contribution in [1.29, 1.82) is 0 Å². The Morgan fingerprint density at radius 2 is 2.11 bits per heavy atom. The molecule has 100 valence electrons. The predicted molar refractivity (Wildman–Crippen MR) is 71.6 cm³/mol. The fraction of sp³-hybridized carbons (Fsp3) is 0.167. The van der Waals surface area contributed by atoms with Crippen LogP contribution in [0.5, 0.6) is 0 Å². The van der Waals surface area contributed by atoms with Crippen LogP contribution in [0.2, 0.25) is 0 Å². The molecule has 0 bridgehead atoms. The first-order valence-electron chi connectivity index (χ1n) is 5.63. The van der Waals surface area contributed by atoms with Crippen molar-refractivity contribution in [2.75, 3.05) is 5.73 Å². The van der Waals surface area contributed by atoms with Crippen molar-refractivity contribution in [2.45, 2.75) is 17.9 Å². The minimum Gasteiger partial charge on any atom is -0.384 e. The van der Waals surface area contributed by atoms with Crippen LogP contribution >= 0.6 is 0 Å². The van der Waals surface area contributed by atoms with Crippen molar-refractivity contribution < 1.29 is 8.42 Å². The van der Waals surface area contributed by atoms with Gasteiger partial charge in [0, 0.05) is 30.7 Å². The second-order valence-corrected chi connectivity index (χ2v) is 5.76. The number of nitrogen functional groups attached to an aromatic ring is 1. The van der Waals surface area contributed by atoms with E-state index in [-0.39, 0.29) is 16.8 Å². The normalized spacial score (nSPS) is 13.1. The molecule has 3 N–H and O–H groups in total. The van der Waals surface area contributed by atoms with Crippen LogP contribution in [0.4, 0.5) is 5.82 Å². The van der Waals surface area contributed by atoms with Crippen LogP contribution < -0.4 is 10.5 Å². The van der Waals surface area contributed by atoms with Crippen molar-refractivity contribution in [3.63, 3.8) is 0 Å². The molecule has 0 aliphatic carbocycles. The first kappa shape index (κ1) is 13.4. The smallest absolute Gasteiger partial charge is 0.241 e. The predicted octanol–water partition coefficient (Wildman–Crippen LogP) is 1.10. The van der Waals surface area contributed by atoms with Crippen LogP contribution in [-0.4, -0.2) is 18.4 Å². The van der Waals surface area contributed by atoms with Gasteiger partial charge in [0.1, 0.15) is 5.82 Å². The summed E-state index contributed by atoms with van der Waals surface area (Å²) in [6.45, 7) is 1.75. The van der Waals surface area contributed by atoms with Gasteiger partial charge >= 0.3 is 0 Å². The lowest BCUT2D eigenvalue weighted by Crippen LogP contribution is -2.27. The Bertz CT molecular complexity index is 658. The Labute approximate surface area is 111 Å². The zero-order chi connectivity index (χ0) is 13.9. The first-order chi connectivity index (χ1) is 8.99. The van der Waals surface area contributed by atoms with E-state index in [4.69, 9.17) is 5.73 Å². The first-order valence-corrected chi connectivity index (χ1v) is 7.11. The van der Waals surface area contributed by atoms with Crippen LogP contribution in [0.1, 0.15) is 18.5 Å². The molecule has 1 unspecified atom stereocenters. The number of aromatic nitrogens is 2. The van der Waals surface area contributed by atoms with Crippen molar-refractivity contribution in [1.82, 2.24) is 14.7 Å². The second-order valence-electron chi connectivity index (χ2n) is 4.05. The summed E-state index contributed by atoms with van der Waals surface area (Å²) in [5.74, 6) is 0.164. The van der Waals surface area contributed by atoms with Gasteiger partial charge in [-0.15, -0.1) is 0 Å². The second kappa shape index (κ2) is 5.33. The number of anilines is 1. The molecule has 2 aromatic rings. The fourth-order valence-electron chi connectivity index (χ4n) is 1.60. The lowest BCUT2D eigenvalue weighted by Gasteiger charge is -2.14. The molecule has 1 atom stereocenters. The number of pyridine rings is 2. The SMILES string of the molecule is CC(NS(=O)(=O)c1ccnc(N)c1)c1cccnc1. The molecule has 0 saturated heterocycles. The Morgan fingerprint density at radius 1 is 1.32 bits per heavy atom. The van der Waals surface area contributed by atoms with E-state index >= 15 is 0 Å². The van der Waals surface area contributed by atoms with E-state index in [0.717, 1.165) is 5.56 Å². The van der Waals surface area contributed by atoms with Crippen molar-refractivity contribution in [3.8, 4) is 0 Å². The average Bonchev–Trinajstić information content (AvgIpc) is 2.39. The third-order valence-electron chi connectivity index (χ3n) is 2.58. The summed E-state index contributed by atoms with van der Waals surface area (Å²) in [7, 11) is -3.63. The molecule has 2 aromatic heterocycles. The molecule has 0 amide bonds. The topological polar surface area (TPSA) is 98.0 Å². The van der Waals surface area contributed by atoms with Gasteiger partial charge in [-0.05, 0) is 24.6 Å². The molecule has 2 rings (SSSR count). The largest absolute Gasteiger partial charge is 0.384 e. The monoisotopic (exact) mass is 278 g/mol. The van der Waals surface area contributed by atoms with Crippen molar-refractivity contribution >= 4 is 15.8 Å². The van der Waals surface area contributed by atoms with E-state index in [0.29, 0.717) is 0 Å². The molecule has 0 aliphatic rings. The lowest BCUT2D eigenvalue weighted by atomic mass is 10.2. The molecular formula is C12H14N4O2S. The molecule has 0 aliphatic heterocycles. The fourth-order valence-corrected chi connectivity index (χ4v) is 2.85. The lowest BCUT2D eigenvalue weighted by molar-refractivity contribution is 0.566. The zero-order valence-electron chi connectivity index (χ0n) is 10.3. The molecule has 0 spiro atoms. The third-order valence-corrected chi connectivity index (χ3v) is 4.12. The van der Waals surface area contributed by atoms with Gasteiger partial charge in [-0.1, -0.05) is 6.07 Å². The summed E-state index contributed by atoms with van der Waals surface area (Å²) < 4.78 is 26.9. The molecule has 6 nitrogen and oxygen atoms in total. The number of nitrogens with zero attached hydrogens (tertiary/aromatic N) is 2. The molecule has 19 heavy (non-hydrogen) atoms. The van der Waals surface area contributed by atoms with E-state index in [1.54, 1.807) is 31.5 Å². The highest BCUT2D eigenvalue weighted by atomic mass is 32.2. The number of hydrogen-bond acceptors (Lipinski definition) is 5. The summed E-state index contributed by atoms with van der Waals surface area (Å²) in [6, 6.07) is 5.89. The molecule has 0 saturated carbocycles. The Morgan fingerprint density at radius 3 is 2.74 bits per heavy atom. The van der Waals surface area contributed by atoms with E-state index in [9.17, 15) is 8.42 Å². The number of nitrogens with two attached hydrogens (primary N) is 1. The standard InChI is InChI=1S/C12H14N4O2S/c1-9(10-3-2-5-14-8-10)16-19(17,18)11-4-6-15-12(13)7-11/h2-9,16H,1H3,(H2,13,15). The number of nitrogens with one attached hydrogen (secondary N) is 1. The highest BCUT2D eigenvalue weighted by molar-refractivity contribution is 7.89. The number of sulfonamides is 1. The van der Waals surface area contributed by atoms with E-state index < -0.39 is 10.0 Å². The summed E-state index contributed by atoms with van der Waals surface area (Å²) in [4.78, 5) is 7.82. The van der Waals surface area contributed by atoms with Gasteiger partial charge in [0.25, 0.3) is 0 Å². The van der Waals surface area contributed by atoms with E-state index in [1.807, 2.05) is 0 Å². The van der Waals surface area contributed by atoms with Crippen LogP contribution in [-0.2, 0) is 10.0 Å². The van der Waals surface area contributed by atoms with Crippen LogP contribution in [0.25, 0.3) is 0 Å². The molecule has 7 heteroatoms. The van der Waals surface area contributed by atoms with Gasteiger partial charge in [0.2, 0.25) is 10.0 Å². The Hall–Kier alpha value is -1.99. The average molecular weight is 278 g/mol. The van der Waals surface area contributed by atoms with Crippen molar-refractivity contribution in [3.05, 3.63) is 48.4 Å². The maximum atomic E-state index is 12.2. The van der Waals surface area contributed by atoms with E-state index in [2.05, 4.69) is 14.7 Å². The number of hydrogen-bond donors (Lipinski definition) is 2. The van der Waals surface area contributed by atoms with Crippen molar-refractivity contribution in [2.24, 2.45) is 0 Å². The third kappa shape index (κ3) is 3.27. The maximum absolute atomic E-state index is 12.2. The van der Waals surface area contributed by atoms with Gasteiger partial charge in [-0.2, -0.15) is 0 Å². The highest BCUT2D eigenvalue weighted by Crippen LogP contribution is 2.16.